The van der Waals surface area contributed by atoms with Crippen LogP contribution in [0.15, 0.2) is 42.5 Å². The Balaban J connectivity index is 2.12. The molecule has 1 N–H and O–H groups in total. The molecule has 1 unspecified atom stereocenters. The Hall–Kier alpha value is -3.40. The molecule has 0 radical (unpaired) electrons. The van der Waals surface area contributed by atoms with Gasteiger partial charge in [-0.3, -0.25) is 0 Å². The van der Waals surface area contributed by atoms with Crippen LogP contribution in [0.5, 0.6) is 17.2 Å². The summed E-state index contributed by atoms with van der Waals surface area (Å²) in [5, 5.41) is 12.0. The Morgan fingerprint density at radius 3 is 2.19 bits per heavy atom. The highest BCUT2D eigenvalue weighted by Crippen LogP contribution is 2.39. The summed E-state index contributed by atoms with van der Waals surface area (Å²) in [6, 6.07) is 13.6. The summed E-state index contributed by atoms with van der Waals surface area (Å²) in [4.78, 5) is 12.0. The first-order chi connectivity index (χ1) is 12.6. The van der Waals surface area contributed by atoms with Gasteiger partial charge in [-0.2, -0.15) is 5.26 Å². The van der Waals surface area contributed by atoms with Crippen LogP contribution in [0.1, 0.15) is 17.2 Å². The molecule has 7 nitrogen and oxygen atoms in total. The van der Waals surface area contributed by atoms with Gasteiger partial charge < -0.3 is 24.3 Å². The first-order valence-electron chi connectivity index (χ1n) is 7.79. The second-order valence-corrected chi connectivity index (χ2v) is 5.23. The minimum Gasteiger partial charge on any atom is -0.493 e. The number of hydrogen-bond acceptors (Lipinski definition) is 6. The summed E-state index contributed by atoms with van der Waals surface area (Å²) in [6.45, 7) is 0.111. The van der Waals surface area contributed by atoms with Gasteiger partial charge in [0.15, 0.2) is 11.5 Å². The molecule has 0 aliphatic carbocycles. The number of methoxy groups -OCH3 is 3. The zero-order valence-corrected chi connectivity index (χ0v) is 14.8. The lowest BCUT2D eigenvalue weighted by Crippen LogP contribution is -2.28. The fourth-order valence-electron chi connectivity index (χ4n) is 2.34. The molecule has 2 aromatic carbocycles. The number of nitriles is 1. The van der Waals surface area contributed by atoms with Crippen LogP contribution in [0, 0.1) is 11.3 Å². The molecule has 0 aromatic heterocycles. The molecule has 1 atom stereocenters. The Kier molecular flexibility index (Phi) is 6.68. The third kappa shape index (κ3) is 4.57. The van der Waals surface area contributed by atoms with Gasteiger partial charge in [0.1, 0.15) is 12.6 Å². The normalized spacial score (nSPS) is 11.0. The van der Waals surface area contributed by atoms with E-state index < -0.39 is 12.1 Å². The molecular formula is C19H20N2O5. The van der Waals surface area contributed by atoms with Crippen molar-refractivity contribution in [2.45, 2.75) is 12.6 Å². The fourth-order valence-corrected chi connectivity index (χ4v) is 2.34. The zero-order chi connectivity index (χ0) is 18.9. The van der Waals surface area contributed by atoms with Gasteiger partial charge in [-0.05, 0) is 23.3 Å². The minimum absolute atomic E-state index is 0.111. The smallest absolute Gasteiger partial charge is 0.408 e. The average molecular weight is 356 g/mol. The topological polar surface area (TPSA) is 89.8 Å². The molecule has 26 heavy (non-hydrogen) atoms. The summed E-state index contributed by atoms with van der Waals surface area (Å²) in [5.74, 6) is 1.19. The molecule has 0 fully saturated rings. The van der Waals surface area contributed by atoms with Gasteiger partial charge >= 0.3 is 6.09 Å². The van der Waals surface area contributed by atoms with Gasteiger partial charge in [-0.25, -0.2) is 4.79 Å². The lowest BCUT2D eigenvalue weighted by Gasteiger charge is -2.17. The van der Waals surface area contributed by atoms with Gasteiger partial charge in [-0.1, -0.05) is 30.3 Å². The van der Waals surface area contributed by atoms with Crippen LogP contribution in [-0.2, 0) is 11.3 Å². The molecule has 2 rings (SSSR count). The van der Waals surface area contributed by atoms with Crippen molar-refractivity contribution in [2.75, 3.05) is 21.3 Å². The summed E-state index contributed by atoms with van der Waals surface area (Å²) in [7, 11) is 4.44. The van der Waals surface area contributed by atoms with Crippen molar-refractivity contribution in [1.82, 2.24) is 5.32 Å². The maximum absolute atomic E-state index is 12.0. The molecule has 0 spiro atoms. The van der Waals surface area contributed by atoms with Gasteiger partial charge in [0, 0.05) is 0 Å². The monoisotopic (exact) mass is 356 g/mol. The summed E-state index contributed by atoms with van der Waals surface area (Å²) in [5.41, 5.74) is 1.34. The maximum Gasteiger partial charge on any atom is 0.408 e. The van der Waals surface area contributed by atoms with Crippen molar-refractivity contribution in [3.05, 3.63) is 53.6 Å². The van der Waals surface area contributed by atoms with Gasteiger partial charge in [0.05, 0.1) is 27.4 Å². The van der Waals surface area contributed by atoms with Crippen molar-refractivity contribution >= 4 is 6.09 Å². The van der Waals surface area contributed by atoms with Crippen LogP contribution in [0.4, 0.5) is 4.79 Å². The van der Waals surface area contributed by atoms with E-state index in [1.807, 2.05) is 36.4 Å². The maximum atomic E-state index is 12.0. The fraction of sp³-hybridized carbons (Fsp3) is 0.263. The molecule has 0 heterocycles. The predicted molar refractivity (Wildman–Crippen MR) is 94.2 cm³/mol. The van der Waals surface area contributed by atoms with E-state index in [1.54, 1.807) is 12.1 Å². The second-order valence-electron chi connectivity index (χ2n) is 5.23. The first-order valence-corrected chi connectivity index (χ1v) is 7.79. The second kappa shape index (κ2) is 9.18. The number of carbonyl (C=O) groups excluding carboxylic acids is 1. The van der Waals surface area contributed by atoms with E-state index in [0.29, 0.717) is 22.8 Å². The third-order valence-corrected chi connectivity index (χ3v) is 3.62. The highest BCUT2D eigenvalue weighted by Gasteiger charge is 2.20. The van der Waals surface area contributed by atoms with E-state index in [4.69, 9.17) is 18.9 Å². The quantitative estimate of drug-likeness (QED) is 0.819. The Bertz CT molecular complexity index is 761. The Morgan fingerprint density at radius 2 is 1.69 bits per heavy atom. The van der Waals surface area contributed by atoms with Crippen LogP contribution in [0.2, 0.25) is 0 Å². The van der Waals surface area contributed by atoms with Crippen LogP contribution in [-0.4, -0.2) is 27.4 Å². The van der Waals surface area contributed by atoms with Crippen LogP contribution in [0.3, 0.4) is 0 Å². The molecule has 0 aliphatic rings. The van der Waals surface area contributed by atoms with Crippen LogP contribution >= 0.6 is 0 Å². The summed E-state index contributed by atoms with van der Waals surface area (Å²) >= 11 is 0. The SMILES string of the molecule is COc1cc(C(C#N)NC(=O)OCc2ccccc2)cc(OC)c1OC. The molecule has 0 saturated carbocycles. The minimum atomic E-state index is -0.938. The van der Waals surface area contributed by atoms with Crippen molar-refractivity contribution in [2.24, 2.45) is 0 Å². The molecule has 7 heteroatoms. The number of hydrogen-bond donors (Lipinski definition) is 1. The Morgan fingerprint density at radius 1 is 1.08 bits per heavy atom. The molecule has 0 aliphatic heterocycles. The standard InChI is InChI=1S/C19H20N2O5/c1-23-16-9-14(10-17(24-2)18(16)25-3)15(11-20)21-19(22)26-12-13-7-5-4-6-8-13/h4-10,15H,12H2,1-3H3,(H,21,22). The molecular weight excluding hydrogens is 336 g/mol. The van der Waals surface area contributed by atoms with E-state index in [0.717, 1.165) is 5.56 Å². The van der Waals surface area contributed by atoms with E-state index in [1.165, 1.54) is 21.3 Å². The number of ether oxygens (including phenoxy) is 4. The third-order valence-electron chi connectivity index (χ3n) is 3.62. The number of benzene rings is 2. The average Bonchev–Trinajstić information content (AvgIpc) is 2.69. The van der Waals surface area contributed by atoms with E-state index in [9.17, 15) is 10.1 Å². The lowest BCUT2D eigenvalue weighted by atomic mass is 10.1. The number of rotatable bonds is 7. The predicted octanol–water partition coefficient (Wildman–Crippen LogP) is 3.20. The first kappa shape index (κ1) is 18.9. The van der Waals surface area contributed by atoms with Crippen molar-refractivity contribution in [3.63, 3.8) is 0 Å². The van der Waals surface area contributed by atoms with Gasteiger partial charge in [-0.15, -0.1) is 0 Å². The van der Waals surface area contributed by atoms with Crippen molar-refractivity contribution in [1.29, 1.82) is 5.26 Å². The highest BCUT2D eigenvalue weighted by molar-refractivity contribution is 5.69. The van der Waals surface area contributed by atoms with Crippen molar-refractivity contribution in [3.8, 4) is 23.3 Å². The van der Waals surface area contributed by atoms with Gasteiger partial charge in [0.2, 0.25) is 5.75 Å². The van der Waals surface area contributed by atoms with E-state index in [2.05, 4.69) is 5.32 Å². The van der Waals surface area contributed by atoms with Crippen LogP contribution < -0.4 is 19.5 Å². The number of nitrogens with zero attached hydrogens (tertiary/aromatic N) is 1. The van der Waals surface area contributed by atoms with E-state index >= 15 is 0 Å². The molecule has 2 aromatic rings. The van der Waals surface area contributed by atoms with Crippen LogP contribution in [0.25, 0.3) is 0 Å². The molecule has 136 valence electrons. The number of amides is 1. The summed E-state index contributed by atoms with van der Waals surface area (Å²) in [6.07, 6.45) is -0.700. The van der Waals surface area contributed by atoms with Gasteiger partial charge in [0.25, 0.3) is 0 Å². The van der Waals surface area contributed by atoms with Crippen molar-refractivity contribution < 1.29 is 23.7 Å². The summed E-state index contributed by atoms with van der Waals surface area (Å²) < 4.78 is 20.9. The number of nitrogens with one attached hydrogen (secondary N) is 1. The zero-order valence-electron chi connectivity index (χ0n) is 14.8. The molecule has 0 saturated heterocycles. The largest absolute Gasteiger partial charge is 0.493 e. The lowest BCUT2D eigenvalue weighted by molar-refractivity contribution is 0.137. The Labute approximate surface area is 152 Å². The molecule has 0 bridgehead atoms. The van der Waals surface area contributed by atoms with E-state index in [-0.39, 0.29) is 6.61 Å². The number of carbonyl (C=O) groups is 1. The highest BCUT2D eigenvalue weighted by atomic mass is 16.5. The number of alkyl carbamates (subject to hydrolysis) is 1. The molecule has 1 amide bonds.